The monoisotopic (exact) mass is 684 g/mol. The maximum atomic E-state index is 2.39. The van der Waals surface area contributed by atoms with E-state index in [4.69, 9.17) is 0 Å². The van der Waals surface area contributed by atoms with Crippen LogP contribution >= 0.6 is 11.3 Å². The molecule has 0 N–H and O–H groups in total. The summed E-state index contributed by atoms with van der Waals surface area (Å²) in [6, 6.07) is 45.1. The van der Waals surface area contributed by atoms with Gasteiger partial charge < -0.3 is 0 Å². The van der Waals surface area contributed by atoms with Gasteiger partial charge in [-0.05, 0) is 84.3 Å². The zero-order valence-electron chi connectivity index (χ0n) is 32.0. The minimum Gasteiger partial charge on any atom is -0.135 e. The lowest BCUT2D eigenvalue weighted by molar-refractivity contribution is 1.64. The van der Waals surface area contributed by atoms with Crippen molar-refractivity contribution in [2.45, 2.75) is 0 Å². The minimum absolute atomic E-state index is 1.24. The molecule has 0 unspecified atom stereocenters. The number of thiophene rings is 1. The van der Waals surface area contributed by atoms with E-state index in [0.29, 0.717) is 0 Å². The van der Waals surface area contributed by atoms with Crippen LogP contribution in [0.4, 0.5) is 0 Å². The lowest BCUT2D eigenvalue weighted by Crippen LogP contribution is -2.50. The minimum atomic E-state index is 1.24. The van der Waals surface area contributed by atoms with Crippen LogP contribution in [-0.2, 0) is 0 Å². The van der Waals surface area contributed by atoms with Crippen LogP contribution in [0.3, 0.4) is 0 Å². The molecule has 242 valence electrons. The summed E-state index contributed by atoms with van der Waals surface area (Å²) in [7, 11) is 18.6. The molecule has 0 aliphatic carbocycles. The summed E-state index contributed by atoms with van der Waals surface area (Å²) in [4.78, 5) is 0. The van der Waals surface area contributed by atoms with Crippen LogP contribution < -0.4 is 43.7 Å². The van der Waals surface area contributed by atoms with Gasteiger partial charge in [-0.25, -0.2) is 0 Å². The van der Waals surface area contributed by atoms with Crippen LogP contribution in [0.2, 0.25) is 0 Å². The maximum Gasteiger partial charge on any atom is 0.139 e. The third kappa shape index (κ3) is 5.23. The Morgan fingerprint density at radius 3 is 1.17 bits per heavy atom. The van der Waals surface area contributed by atoms with Gasteiger partial charge >= 0.3 is 0 Å². The van der Waals surface area contributed by atoms with E-state index in [9.17, 15) is 0 Å². The standard InChI is InChI=1S/C44H36B8S/c45-37-33-31(23-9-5-2-6-10-23)34-36(40(48)44(52)42(50)38(34)46)32(35(33)39(47)43(51)41(37)49)24-13-11-22(12-14-24)25-16-18-29-28(19-25)27-17-15-26(20-30(27)53-29)21-7-3-1-4-8-21/h1-20H,45-52H2. The summed E-state index contributed by atoms with van der Waals surface area (Å²) in [5, 5.41) is 8.20. The highest BCUT2D eigenvalue weighted by molar-refractivity contribution is 7.25. The second-order valence-corrected chi connectivity index (χ2v) is 16.2. The molecule has 0 spiro atoms. The van der Waals surface area contributed by atoms with Crippen molar-refractivity contribution in [3.05, 3.63) is 121 Å². The van der Waals surface area contributed by atoms with Gasteiger partial charge in [-0.1, -0.05) is 125 Å². The third-order valence-electron chi connectivity index (χ3n) is 12.5. The van der Waals surface area contributed by atoms with Crippen molar-refractivity contribution in [1.82, 2.24) is 0 Å². The summed E-state index contributed by atoms with van der Waals surface area (Å²) in [6.07, 6.45) is 0. The van der Waals surface area contributed by atoms with Gasteiger partial charge in [0.2, 0.25) is 0 Å². The van der Waals surface area contributed by atoms with Crippen LogP contribution in [0.15, 0.2) is 121 Å². The van der Waals surface area contributed by atoms with E-state index < -0.39 is 0 Å². The molecule has 9 heteroatoms. The average Bonchev–Trinajstić information content (AvgIpc) is 3.57. The molecule has 0 aliphatic rings. The van der Waals surface area contributed by atoms with E-state index in [1.54, 1.807) is 0 Å². The normalized spacial score (nSPS) is 11.6. The molecule has 53 heavy (non-hydrogen) atoms. The van der Waals surface area contributed by atoms with Crippen molar-refractivity contribution in [3.63, 3.8) is 0 Å². The second-order valence-electron chi connectivity index (χ2n) is 15.1. The molecule has 8 aromatic carbocycles. The van der Waals surface area contributed by atoms with Crippen LogP contribution in [0.25, 0.3) is 86.2 Å². The Labute approximate surface area is 323 Å². The predicted octanol–water partition coefficient (Wildman–Crippen LogP) is -0.904. The Balaban J connectivity index is 1.27. The van der Waals surface area contributed by atoms with E-state index in [-0.39, 0.29) is 0 Å². The summed E-state index contributed by atoms with van der Waals surface area (Å²) in [6.45, 7) is 0. The molecule has 0 saturated heterocycles. The van der Waals surface area contributed by atoms with Crippen LogP contribution in [0.1, 0.15) is 0 Å². The van der Waals surface area contributed by atoms with E-state index in [0.717, 1.165) is 0 Å². The van der Waals surface area contributed by atoms with Gasteiger partial charge in [0.15, 0.2) is 0 Å². The number of hydrogen-bond acceptors (Lipinski definition) is 1. The van der Waals surface area contributed by atoms with Crippen molar-refractivity contribution in [1.29, 1.82) is 0 Å². The van der Waals surface area contributed by atoms with Gasteiger partial charge in [0.1, 0.15) is 62.8 Å². The molecule has 9 aromatic rings. The highest BCUT2D eigenvalue weighted by Crippen LogP contribution is 2.42. The van der Waals surface area contributed by atoms with Crippen molar-refractivity contribution >= 4 is 160 Å². The molecule has 0 amide bonds. The van der Waals surface area contributed by atoms with E-state index >= 15 is 0 Å². The highest BCUT2D eigenvalue weighted by Gasteiger charge is 2.25. The first-order valence-electron chi connectivity index (χ1n) is 18.8. The van der Waals surface area contributed by atoms with E-state index in [2.05, 4.69) is 184 Å². The van der Waals surface area contributed by atoms with Gasteiger partial charge in [0.05, 0.1) is 0 Å². The topological polar surface area (TPSA) is 0 Å². The molecule has 1 heterocycles. The zero-order valence-corrected chi connectivity index (χ0v) is 32.8. The van der Waals surface area contributed by atoms with Crippen molar-refractivity contribution < 1.29 is 0 Å². The lowest BCUT2D eigenvalue weighted by Gasteiger charge is -2.28. The lowest BCUT2D eigenvalue weighted by atomic mass is 9.59. The Bertz CT molecular complexity index is 2870. The van der Waals surface area contributed by atoms with E-state index in [1.165, 1.54) is 130 Å². The molecule has 9 rings (SSSR count). The average molecular weight is 683 g/mol. The molecular formula is C44H36B8S. The molecule has 0 atom stereocenters. The first-order chi connectivity index (χ1) is 25.6. The summed E-state index contributed by atoms with van der Waals surface area (Å²) >= 11 is 1.88. The van der Waals surface area contributed by atoms with Gasteiger partial charge in [0.25, 0.3) is 0 Å². The van der Waals surface area contributed by atoms with Gasteiger partial charge in [-0.15, -0.1) is 33.2 Å². The SMILES string of the molecule is Bc1c(B)c(B)c2c(-c3ccc(-c4ccc5sc6cc(-c7ccccc7)ccc6c5c4)cc3)c3c(B)c(B)c(B)c(B)c3c(-c3ccccc3)c2c1B. The Kier molecular flexibility index (Phi) is 8.20. The second kappa shape index (κ2) is 12.9. The molecule has 0 fully saturated rings. The molecule has 0 nitrogen and oxygen atoms in total. The fraction of sp³-hybridized carbons (Fsp3) is 0. The molecule has 0 saturated carbocycles. The fourth-order valence-electron chi connectivity index (χ4n) is 8.90. The molecule has 0 radical (unpaired) electrons. The summed E-state index contributed by atoms with van der Waals surface area (Å²) in [5.74, 6) is 0. The van der Waals surface area contributed by atoms with Crippen LogP contribution in [0, 0.1) is 0 Å². The van der Waals surface area contributed by atoms with Gasteiger partial charge in [-0.2, -0.15) is 0 Å². The third-order valence-corrected chi connectivity index (χ3v) is 13.7. The summed E-state index contributed by atoms with van der Waals surface area (Å²) in [5.41, 5.74) is 21.4. The smallest absolute Gasteiger partial charge is 0.135 e. The molecule has 1 aromatic heterocycles. The largest absolute Gasteiger partial charge is 0.139 e. The first-order valence-corrected chi connectivity index (χ1v) is 19.6. The molecular weight excluding hydrogens is 647 g/mol. The Morgan fingerprint density at radius 2 is 0.660 bits per heavy atom. The Hall–Kier alpha value is -4.98. The quantitative estimate of drug-likeness (QED) is 0.167. The van der Waals surface area contributed by atoms with Crippen LogP contribution in [-0.4, -0.2) is 62.8 Å². The summed E-state index contributed by atoms with van der Waals surface area (Å²) < 4.78 is 2.66. The molecule has 0 bridgehead atoms. The van der Waals surface area contributed by atoms with Crippen LogP contribution in [0.5, 0.6) is 0 Å². The van der Waals surface area contributed by atoms with Crippen molar-refractivity contribution in [2.24, 2.45) is 0 Å². The van der Waals surface area contributed by atoms with Crippen molar-refractivity contribution in [3.8, 4) is 44.5 Å². The number of rotatable bonds is 4. The van der Waals surface area contributed by atoms with Gasteiger partial charge in [0, 0.05) is 20.2 Å². The van der Waals surface area contributed by atoms with Gasteiger partial charge in [-0.3, -0.25) is 0 Å². The number of hydrogen-bond donors (Lipinski definition) is 0. The fourth-order valence-corrected chi connectivity index (χ4v) is 10.0. The Morgan fingerprint density at radius 1 is 0.283 bits per heavy atom. The predicted molar refractivity (Wildman–Crippen MR) is 262 cm³/mol. The van der Waals surface area contributed by atoms with Crippen molar-refractivity contribution in [2.75, 3.05) is 0 Å². The molecule has 0 aliphatic heterocycles. The zero-order chi connectivity index (χ0) is 36.7. The maximum absolute atomic E-state index is 2.39. The highest BCUT2D eigenvalue weighted by atomic mass is 32.1. The first kappa shape index (κ1) is 33.8. The number of benzene rings is 8. The van der Waals surface area contributed by atoms with E-state index in [1.807, 2.05) is 11.3 Å². The number of fused-ring (bicyclic) bond motifs is 5.